The maximum atomic E-state index is 13.9. The maximum absolute atomic E-state index is 13.9. The molecule has 2 atom stereocenters. The van der Waals surface area contributed by atoms with Crippen molar-refractivity contribution in [1.29, 1.82) is 0 Å². The molecule has 0 unspecified atom stereocenters. The quantitative estimate of drug-likeness (QED) is 0.155. The number of aromatic nitrogens is 1. The Morgan fingerprint density at radius 1 is 0.974 bits per heavy atom. The van der Waals surface area contributed by atoms with Crippen molar-refractivity contribution in [1.82, 2.24) is 10.3 Å². The van der Waals surface area contributed by atoms with Crippen LogP contribution < -0.4 is 15.5 Å². The lowest BCUT2D eigenvalue weighted by Crippen LogP contribution is -2.35. The second-order valence-electron chi connectivity index (χ2n) is 8.93. The molecule has 39 heavy (non-hydrogen) atoms. The number of ether oxygens (including phenoxy) is 1. The highest BCUT2D eigenvalue weighted by molar-refractivity contribution is 7.67. The number of carbonyl (C=O) groups excluding carboxylic acids is 1. The number of aryl methyl sites for hydroxylation is 1. The van der Waals surface area contributed by atoms with Crippen molar-refractivity contribution in [3.8, 4) is 5.75 Å². The zero-order valence-electron chi connectivity index (χ0n) is 21.7. The molecule has 1 heterocycles. The highest BCUT2D eigenvalue weighted by atomic mass is 32.2. The summed E-state index contributed by atoms with van der Waals surface area (Å²) in [7, 11) is -1.39. The lowest BCUT2D eigenvalue weighted by Gasteiger charge is -2.23. The highest BCUT2D eigenvalue weighted by Crippen LogP contribution is 2.28. The van der Waals surface area contributed by atoms with Gasteiger partial charge in [-0.3, -0.25) is 4.79 Å². The van der Waals surface area contributed by atoms with Crippen LogP contribution in [0, 0.1) is 0 Å². The summed E-state index contributed by atoms with van der Waals surface area (Å²) in [4.78, 5) is 18.7. The number of thiazole rings is 1. The number of nitrogens with one attached hydrogen (secondary N) is 2. The average Bonchev–Trinajstić information content (AvgIpc) is 3.45. The van der Waals surface area contributed by atoms with E-state index in [9.17, 15) is 13.2 Å². The van der Waals surface area contributed by atoms with Crippen molar-refractivity contribution < 1.29 is 22.2 Å². The van der Waals surface area contributed by atoms with Gasteiger partial charge in [-0.05, 0) is 60.2 Å². The summed E-state index contributed by atoms with van der Waals surface area (Å²) in [6, 6.07) is 24.4. The predicted octanol–water partition coefficient (Wildman–Crippen LogP) is 5.01. The van der Waals surface area contributed by atoms with E-state index < -0.39 is 16.9 Å². The molecule has 0 aliphatic rings. The monoisotopic (exact) mass is 565 g/mol. The molecule has 0 radical (unpaired) electrons. The molecule has 0 bridgehead atoms. The Labute approximate surface area is 234 Å². The molecule has 0 fully saturated rings. The largest absolute Gasteiger partial charge is 0.497 e. The molecule has 0 aliphatic heterocycles. The SMILES string of the molecule is CCc1csc([C@H](Cc2ccc(NO[SH](=O)=O)cc2)NC(=O)[C@@H](Cc2ccccc2)c2cccc(OC)c2)n1. The number of amides is 1. The third kappa shape index (κ3) is 8.13. The van der Waals surface area contributed by atoms with Gasteiger partial charge in [0, 0.05) is 5.38 Å². The van der Waals surface area contributed by atoms with E-state index >= 15 is 0 Å². The third-order valence-electron chi connectivity index (χ3n) is 6.27. The van der Waals surface area contributed by atoms with Crippen molar-refractivity contribution >= 4 is 33.9 Å². The molecule has 2 N–H and O–H groups in total. The number of rotatable bonds is 13. The fourth-order valence-corrected chi connectivity index (χ4v) is 5.35. The molecule has 4 rings (SSSR count). The Morgan fingerprint density at radius 3 is 2.38 bits per heavy atom. The van der Waals surface area contributed by atoms with Gasteiger partial charge >= 0.3 is 0 Å². The molecule has 10 heteroatoms. The van der Waals surface area contributed by atoms with Crippen LogP contribution in [0.1, 0.15) is 46.3 Å². The molecule has 8 nitrogen and oxygen atoms in total. The zero-order chi connectivity index (χ0) is 27.6. The van der Waals surface area contributed by atoms with Crippen LogP contribution in [0.3, 0.4) is 0 Å². The van der Waals surface area contributed by atoms with Crippen LogP contribution in [0.15, 0.2) is 84.2 Å². The minimum Gasteiger partial charge on any atom is -0.497 e. The van der Waals surface area contributed by atoms with Crippen LogP contribution in [0.5, 0.6) is 5.75 Å². The summed E-state index contributed by atoms with van der Waals surface area (Å²) in [5.41, 5.74) is 6.74. The van der Waals surface area contributed by atoms with Crippen molar-refractivity contribution in [2.24, 2.45) is 0 Å². The third-order valence-corrected chi connectivity index (χ3v) is 7.52. The Kier molecular flexibility index (Phi) is 10.1. The smallest absolute Gasteiger partial charge is 0.277 e. The van der Waals surface area contributed by atoms with Gasteiger partial charge in [-0.15, -0.1) is 11.3 Å². The lowest BCUT2D eigenvalue weighted by atomic mass is 9.90. The fourth-order valence-electron chi connectivity index (χ4n) is 4.22. The standard InChI is InChI=1S/C29H31N3O5S2/c1-3-23-19-38-29(30-23)27(17-21-12-14-24(15-13-21)32-37-39(34)35)31-28(33)26(16-20-8-5-4-6-9-20)22-10-7-11-25(18-22)36-2/h4-15,18-19,26-27,32,39H,3,16-17H2,1-2H3,(H,31,33)/t26-,27-/m0/s1. The van der Waals surface area contributed by atoms with Crippen molar-refractivity contribution in [3.05, 3.63) is 112 Å². The van der Waals surface area contributed by atoms with E-state index in [4.69, 9.17) is 9.72 Å². The fraction of sp³-hybridized carbons (Fsp3) is 0.241. The molecular formula is C29H31N3O5S2. The number of hydrogen-bond acceptors (Lipinski definition) is 8. The number of thiol groups is 1. The Balaban J connectivity index is 1.60. The molecule has 1 amide bonds. The van der Waals surface area contributed by atoms with Crippen molar-refractivity contribution in [3.63, 3.8) is 0 Å². The molecule has 0 saturated carbocycles. The zero-order valence-corrected chi connectivity index (χ0v) is 23.4. The lowest BCUT2D eigenvalue weighted by molar-refractivity contribution is -0.123. The van der Waals surface area contributed by atoms with E-state index in [0.717, 1.165) is 33.8 Å². The van der Waals surface area contributed by atoms with E-state index in [2.05, 4.69) is 22.0 Å². The topological polar surface area (TPSA) is 107 Å². The summed E-state index contributed by atoms with van der Waals surface area (Å²) < 4.78 is 31.2. The molecule has 0 spiro atoms. The second-order valence-corrected chi connectivity index (χ2v) is 10.4. The molecule has 4 aromatic rings. The van der Waals surface area contributed by atoms with Crippen LogP contribution in [-0.2, 0) is 39.3 Å². The van der Waals surface area contributed by atoms with Crippen molar-refractivity contribution in [2.75, 3.05) is 12.6 Å². The summed E-state index contributed by atoms with van der Waals surface area (Å²) >= 11 is 1.53. The molecule has 1 aromatic heterocycles. The number of methoxy groups -OCH3 is 1. The first kappa shape index (κ1) is 28.3. The Morgan fingerprint density at radius 2 is 1.72 bits per heavy atom. The maximum Gasteiger partial charge on any atom is 0.277 e. The molecule has 3 aromatic carbocycles. The number of hydrogen-bond donors (Lipinski definition) is 3. The van der Waals surface area contributed by atoms with Gasteiger partial charge in [0.1, 0.15) is 10.8 Å². The van der Waals surface area contributed by atoms with Gasteiger partial charge in [0.15, 0.2) is 0 Å². The minimum absolute atomic E-state index is 0.101. The van der Waals surface area contributed by atoms with Gasteiger partial charge in [-0.1, -0.05) is 61.5 Å². The predicted molar refractivity (Wildman–Crippen MR) is 153 cm³/mol. The van der Waals surface area contributed by atoms with E-state index in [1.807, 2.05) is 72.1 Å². The average molecular weight is 566 g/mol. The highest BCUT2D eigenvalue weighted by Gasteiger charge is 2.26. The number of benzene rings is 3. The van der Waals surface area contributed by atoms with Gasteiger partial charge in [-0.2, -0.15) is 4.28 Å². The number of carbonyl (C=O) groups is 1. The van der Waals surface area contributed by atoms with Crippen molar-refractivity contribution in [2.45, 2.75) is 38.1 Å². The molecule has 0 saturated heterocycles. The second kappa shape index (κ2) is 13.9. The Hall–Kier alpha value is -3.73. The van der Waals surface area contributed by atoms with Crippen LogP contribution in [0.4, 0.5) is 5.69 Å². The van der Waals surface area contributed by atoms with Gasteiger partial charge in [0.25, 0.3) is 11.0 Å². The minimum atomic E-state index is -3.01. The van der Waals surface area contributed by atoms with Crippen LogP contribution in [0.25, 0.3) is 0 Å². The summed E-state index contributed by atoms with van der Waals surface area (Å²) in [6.45, 7) is 2.05. The first-order chi connectivity index (χ1) is 18.9. The Bertz CT molecular complexity index is 1430. The van der Waals surface area contributed by atoms with Crippen LogP contribution in [0.2, 0.25) is 0 Å². The van der Waals surface area contributed by atoms with E-state index in [0.29, 0.717) is 24.3 Å². The number of nitrogens with zero attached hydrogens (tertiary/aromatic N) is 1. The molecule has 204 valence electrons. The first-order valence-corrected chi connectivity index (χ1v) is 14.5. The van der Waals surface area contributed by atoms with Gasteiger partial charge < -0.3 is 10.1 Å². The molecule has 0 aliphatic carbocycles. The summed E-state index contributed by atoms with van der Waals surface area (Å²) in [5.74, 6) is 0.159. The normalized spacial score (nSPS) is 12.6. The van der Waals surface area contributed by atoms with Gasteiger partial charge in [-0.25, -0.2) is 18.9 Å². The van der Waals surface area contributed by atoms with Gasteiger partial charge in [0.05, 0.1) is 30.5 Å². The van der Waals surface area contributed by atoms with E-state index in [-0.39, 0.29) is 11.9 Å². The van der Waals surface area contributed by atoms with Crippen LogP contribution >= 0.6 is 11.3 Å². The molecular weight excluding hydrogens is 534 g/mol. The van der Waals surface area contributed by atoms with Crippen LogP contribution in [-0.4, -0.2) is 26.4 Å². The van der Waals surface area contributed by atoms with E-state index in [1.54, 1.807) is 19.2 Å². The van der Waals surface area contributed by atoms with Gasteiger partial charge in [0.2, 0.25) is 5.91 Å². The summed E-state index contributed by atoms with van der Waals surface area (Å²) in [6.07, 6.45) is 1.85. The summed E-state index contributed by atoms with van der Waals surface area (Å²) in [5, 5.41) is 6.13. The van der Waals surface area contributed by atoms with E-state index in [1.165, 1.54) is 11.3 Å². The first-order valence-electron chi connectivity index (χ1n) is 12.5. The number of anilines is 1.